The largest absolute Gasteiger partial charge is 0.391 e. The molecule has 0 bridgehead atoms. The SMILES string of the molecule is Nc1ncc(Cl)c(-c2cnn(-c3ccc(Cl)cc3Cl)c2)n1.OC1CCCOC1. The minimum absolute atomic E-state index is 0.145. The first-order valence-electron chi connectivity index (χ1n) is 8.48. The minimum atomic E-state index is -0.186. The molecule has 0 saturated carbocycles. The standard InChI is InChI=1S/C13H8Cl3N5.C5H10O2/c14-8-1-2-11(9(15)3-8)21-6-7(4-19-21)12-10(16)5-18-13(17)20-12;6-5-2-1-3-7-4-5/h1-6H,(H2,17,18,20);5-6H,1-4H2. The van der Waals surface area contributed by atoms with Crippen molar-refractivity contribution in [1.82, 2.24) is 19.7 Å². The Kier molecular flexibility index (Phi) is 7.09. The lowest BCUT2D eigenvalue weighted by Gasteiger charge is -2.15. The number of aromatic nitrogens is 4. The Morgan fingerprint density at radius 1 is 1.18 bits per heavy atom. The van der Waals surface area contributed by atoms with Crippen molar-refractivity contribution in [2.24, 2.45) is 0 Å². The van der Waals surface area contributed by atoms with E-state index < -0.39 is 0 Å². The van der Waals surface area contributed by atoms with Gasteiger partial charge in [0.25, 0.3) is 0 Å². The first-order valence-corrected chi connectivity index (χ1v) is 9.61. The summed E-state index contributed by atoms with van der Waals surface area (Å²) in [7, 11) is 0. The van der Waals surface area contributed by atoms with E-state index in [-0.39, 0.29) is 12.1 Å². The summed E-state index contributed by atoms with van der Waals surface area (Å²) in [6.07, 6.45) is 6.57. The summed E-state index contributed by atoms with van der Waals surface area (Å²) in [5.41, 5.74) is 7.50. The van der Waals surface area contributed by atoms with Gasteiger partial charge in [-0.1, -0.05) is 34.8 Å². The lowest BCUT2D eigenvalue weighted by atomic mass is 10.2. The summed E-state index contributed by atoms with van der Waals surface area (Å²) in [5.74, 6) is 0.145. The van der Waals surface area contributed by atoms with Crippen molar-refractivity contribution in [1.29, 1.82) is 0 Å². The average Bonchev–Trinajstić information content (AvgIpc) is 3.14. The normalized spacial score (nSPS) is 16.4. The molecule has 2 aromatic heterocycles. The van der Waals surface area contributed by atoms with Gasteiger partial charge in [0, 0.05) is 23.4 Å². The molecule has 3 heterocycles. The van der Waals surface area contributed by atoms with Crippen LogP contribution in [0.2, 0.25) is 15.1 Å². The molecule has 0 radical (unpaired) electrons. The highest BCUT2D eigenvalue weighted by molar-refractivity contribution is 6.35. The molecule has 1 aromatic carbocycles. The van der Waals surface area contributed by atoms with E-state index in [9.17, 15) is 0 Å². The summed E-state index contributed by atoms with van der Waals surface area (Å²) in [4.78, 5) is 7.94. The number of nitrogen functional groups attached to an aromatic ring is 1. The van der Waals surface area contributed by atoms with Crippen molar-refractivity contribution in [3.8, 4) is 16.9 Å². The maximum absolute atomic E-state index is 8.78. The third-order valence-corrected chi connectivity index (χ3v) is 4.73. The van der Waals surface area contributed by atoms with Crippen molar-refractivity contribution < 1.29 is 9.84 Å². The monoisotopic (exact) mass is 441 g/mol. The number of nitrogens with zero attached hydrogens (tertiary/aromatic N) is 4. The maximum atomic E-state index is 8.78. The number of ether oxygens (including phenoxy) is 1. The molecule has 1 aliphatic heterocycles. The first kappa shape index (κ1) is 20.8. The molecule has 0 aliphatic carbocycles. The first-order chi connectivity index (χ1) is 13.4. The van der Waals surface area contributed by atoms with Crippen molar-refractivity contribution >= 4 is 40.8 Å². The van der Waals surface area contributed by atoms with E-state index in [0.29, 0.717) is 38.6 Å². The molecule has 1 saturated heterocycles. The number of nitrogens with two attached hydrogens (primary N) is 1. The summed E-state index contributed by atoms with van der Waals surface area (Å²) >= 11 is 18.1. The number of anilines is 1. The lowest BCUT2D eigenvalue weighted by molar-refractivity contribution is -0.00535. The van der Waals surface area contributed by atoms with Crippen LogP contribution in [0.3, 0.4) is 0 Å². The molecule has 4 rings (SSSR count). The van der Waals surface area contributed by atoms with Gasteiger partial charge in [-0.15, -0.1) is 0 Å². The van der Waals surface area contributed by atoms with Crippen molar-refractivity contribution in [3.63, 3.8) is 0 Å². The molecular formula is C18H18Cl3N5O2. The van der Waals surface area contributed by atoms with Crippen LogP contribution in [0.25, 0.3) is 16.9 Å². The third-order valence-electron chi connectivity index (χ3n) is 3.91. The fourth-order valence-electron chi connectivity index (χ4n) is 2.55. The van der Waals surface area contributed by atoms with E-state index in [2.05, 4.69) is 15.1 Å². The number of aliphatic hydroxyl groups excluding tert-OH is 1. The highest BCUT2D eigenvalue weighted by Crippen LogP contribution is 2.28. The predicted octanol–water partition coefficient (Wildman–Crippen LogP) is 4.03. The molecule has 0 amide bonds. The van der Waals surface area contributed by atoms with Crippen LogP contribution < -0.4 is 5.73 Å². The Morgan fingerprint density at radius 3 is 2.64 bits per heavy atom. The van der Waals surface area contributed by atoms with E-state index in [1.807, 2.05) is 0 Å². The summed E-state index contributed by atoms with van der Waals surface area (Å²) < 4.78 is 6.55. The summed E-state index contributed by atoms with van der Waals surface area (Å²) in [6, 6.07) is 5.16. The van der Waals surface area contributed by atoms with Crippen LogP contribution in [-0.2, 0) is 4.74 Å². The van der Waals surface area contributed by atoms with Gasteiger partial charge in [-0.2, -0.15) is 5.10 Å². The molecule has 1 atom stereocenters. The Morgan fingerprint density at radius 2 is 2.00 bits per heavy atom. The van der Waals surface area contributed by atoms with Crippen LogP contribution in [0.1, 0.15) is 12.8 Å². The lowest BCUT2D eigenvalue weighted by Crippen LogP contribution is -2.21. The second-order valence-electron chi connectivity index (χ2n) is 6.07. The zero-order chi connectivity index (χ0) is 20.1. The number of hydrogen-bond acceptors (Lipinski definition) is 6. The van der Waals surface area contributed by atoms with Gasteiger partial charge in [0.15, 0.2) is 0 Å². The second kappa shape index (κ2) is 9.54. The molecule has 0 spiro atoms. The smallest absolute Gasteiger partial charge is 0.220 e. The number of aliphatic hydroxyl groups is 1. The Hall–Kier alpha value is -1.90. The zero-order valence-electron chi connectivity index (χ0n) is 14.7. The molecule has 148 valence electrons. The summed E-state index contributed by atoms with van der Waals surface area (Å²) in [5, 5.41) is 14.5. The molecule has 3 N–H and O–H groups in total. The minimum Gasteiger partial charge on any atom is -0.391 e. The van der Waals surface area contributed by atoms with Gasteiger partial charge in [0.05, 0.1) is 46.5 Å². The molecule has 1 aliphatic rings. The Balaban J connectivity index is 0.000000271. The predicted molar refractivity (Wildman–Crippen MR) is 110 cm³/mol. The van der Waals surface area contributed by atoms with Crippen LogP contribution in [0.4, 0.5) is 5.95 Å². The number of halogens is 3. The quantitative estimate of drug-likeness (QED) is 0.621. The van der Waals surface area contributed by atoms with Crippen molar-refractivity contribution in [3.05, 3.63) is 51.9 Å². The maximum Gasteiger partial charge on any atom is 0.220 e. The molecular weight excluding hydrogens is 425 g/mol. The van der Waals surface area contributed by atoms with Gasteiger partial charge in [-0.3, -0.25) is 0 Å². The highest BCUT2D eigenvalue weighted by atomic mass is 35.5. The van der Waals surface area contributed by atoms with Crippen molar-refractivity contribution in [2.45, 2.75) is 18.9 Å². The van der Waals surface area contributed by atoms with Gasteiger partial charge in [0.2, 0.25) is 5.95 Å². The van der Waals surface area contributed by atoms with E-state index in [0.717, 1.165) is 19.4 Å². The fraction of sp³-hybridized carbons (Fsp3) is 0.278. The van der Waals surface area contributed by atoms with Crippen LogP contribution in [0.15, 0.2) is 36.8 Å². The molecule has 3 aromatic rings. The number of rotatable bonds is 2. The van der Waals surface area contributed by atoms with Gasteiger partial charge < -0.3 is 15.6 Å². The van der Waals surface area contributed by atoms with Gasteiger partial charge in [0.1, 0.15) is 0 Å². The van der Waals surface area contributed by atoms with Crippen LogP contribution >= 0.6 is 34.8 Å². The molecule has 28 heavy (non-hydrogen) atoms. The van der Waals surface area contributed by atoms with Crippen molar-refractivity contribution in [2.75, 3.05) is 18.9 Å². The topological polar surface area (TPSA) is 99.1 Å². The second-order valence-corrected chi connectivity index (χ2v) is 7.32. The summed E-state index contributed by atoms with van der Waals surface area (Å²) in [6.45, 7) is 1.37. The Bertz CT molecular complexity index is 945. The Labute approximate surface area is 177 Å². The zero-order valence-corrected chi connectivity index (χ0v) is 17.0. The highest BCUT2D eigenvalue weighted by Gasteiger charge is 2.12. The fourth-order valence-corrected chi connectivity index (χ4v) is 3.25. The molecule has 10 heteroatoms. The van der Waals surface area contributed by atoms with E-state index >= 15 is 0 Å². The van der Waals surface area contributed by atoms with E-state index in [4.69, 9.17) is 50.4 Å². The van der Waals surface area contributed by atoms with Gasteiger partial charge in [-0.25, -0.2) is 14.6 Å². The average molecular weight is 443 g/mol. The number of benzene rings is 1. The van der Waals surface area contributed by atoms with Crippen LogP contribution in [0.5, 0.6) is 0 Å². The van der Waals surface area contributed by atoms with Gasteiger partial charge >= 0.3 is 0 Å². The molecule has 1 unspecified atom stereocenters. The third kappa shape index (κ3) is 5.33. The van der Waals surface area contributed by atoms with E-state index in [1.165, 1.54) is 6.20 Å². The van der Waals surface area contributed by atoms with Crippen LogP contribution in [0, 0.1) is 0 Å². The molecule has 7 nitrogen and oxygen atoms in total. The van der Waals surface area contributed by atoms with E-state index in [1.54, 1.807) is 35.3 Å². The molecule has 1 fully saturated rings. The number of hydrogen-bond donors (Lipinski definition) is 2. The van der Waals surface area contributed by atoms with Crippen LogP contribution in [-0.4, -0.2) is 44.2 Å². The van der Waals surface area contributed by atoms with Gasteiger partial charge in [-0.05, 0) is 31.0 Å².